The predicted molar refractivity (Wildman–Crippen MR) is 183 cm³/mol. The minimum absolute atomic E-state index is 0.160. The number of carbonyl (C=O) groups is 1. The van der Waals surface area contributed by atoms with Crippen LogP contribution in [-0.2, 0) is 4.79 Å². The third-order valence-electron chi connectivity index (χ3n) is 8.34. The highest BCUT2D eigenvalue weighted by Gasteiger charge is 2.36. The van der Waals surface area contributed by atoms with Crippen LogP contribution in [0.4, 0.5) is 0 Å². The van der Waals surface area contributed by atoms with E-state index in [1.807, 2.05) is 32.1 Å². The van der Waals surface area contributed by atoms with Gasteiger partial charge in [-0.05, 0) is 94.8 Å². The van der Waals surface area contributed by atoms with E-state index in [0.29, 0.717) is 12.0 Å². The summed E-state index contributed by atoms with van der Waals surface area (Å²) in [6.07, 6.45) is 32.9. The Morgan fingerprint density at radius 2 is 1.14 bits per heavy atom. The molecule has 2 nitrogen and oxygen atoms in total. The molecular formula is C40H54O2. The van der Waals surface area contributed by atoms with Crippen molar-refractivity contribution in [2.45, 2.75) is 101 Å². The van der Waals surface area contributed by atoms with Crippen molar-refractivity contribution in [1.29, 1.82) is 0 Å². The number of allylic oxidation sites excluding steroid dienone is 21. The fourth-order valence-corrected chi connectivity index (χ4v) is 5.71. The Labute approximate surface area is 256 Å². The van der Waals surface area contributed by atoms with E-state index in [2.05, 4.69) is 122 Å². The first-order valence-corrected chi connectivity index (χ1v) is 15.4. The lowest BCUT2D eigenvalue weighted by atomic mass is 9.71. The molecule has 2 rings (SSSR count). The van der Waals surface area contributed by atoms with Gasteiger partial charge in [-0.25, -0.2) is 0 Å². The van der Waals surface area contributed by atoms with Crippen LogP contribution in [0.1, 0.15) is 94.9 Å². The molecule has 1 unspecified atom stereocenters. The average Bonchev–Trinajstić information content (AvgIpc) is 2.88. The van der Waals surface area contributed by atoms with Crippen molar-refractivity contribution in [3.63, 3.8) is 0 Å². The zero-order valence-electron chi connectivity index (χ0n) is 27.8. The quantitative estimate of drug-likeness (QED) is 0.267. The van der Waals surface area contributed by atoms with Crippen molar-refractivity contribution < 1.29 is 9.90 Å². The van der Waals surface area contributed by atoms with Crippen LogP contribution < -0.4 is 0 Å². The molecule has 0 aliphatic heterocycles. The van der Waals surface area contributed by atoms with E-state index in [9.17, 15) is 9.90 Å². The molecule has 0 saturated heterocycles. The van der Waals surface area contributed by atoms with E-state index in [4.69, 9.17) is 0 Å². The second-order valence-corrected chi connectivity index (χ2v) is 13.4. The number of hydrogen-bond acceptors (Lipinski definition) is 2. The van der Waals surface area contributed by atoms with Crippen molar-refractivity contribution in [2.75, 3.05) is 0 Å². The summed E-state index contributed by atoms with van der Waals surface area (Å²) < 4.78 is 0. The third kappa shape index (κ3) is 10.9. The maximum Gasteiger partial charge on any atom is 0.187 e. The van der Waals surface area contributed by atoms with Crippen molar-refractivity contribution in [3.8, 4) is 0 Å². The summed E-state index contributed by atoms with van der Waals surface area (Å²) in [6.45, 7) is 21.4. The SMILES string of the molecule is CC(C=CC=C(C)C=CC1=C(C)CCCC1(C)C)=CC=CC=C(C)C=CC=C(C)C=CC1=C(C)C(=O)C(O)CC1(C)C. The van der Waals surface area contributed by atoms with Crippen LogP contribution in [0.3, 0.4) is 0 Å². The molecule has 0 bridgehead atoms. The molecule has 2 aliphatic carbocycles. The molecule has 0 radical (unpaired) electrons. The molecule has 0 amide bonds. The molecule has 226 valence electrons. The van der Waals surface area contributed by atoms with Gasteiger partial charge in [-0.1, -0.05) is 141 Å². The first kappa shape index (κ1) is 35.0. The van der Waals surface area contributed by atoms with Gasteiger partial charge in [0.2, 0.25) is 0 Å². The molecule has 0 saturated carbocycles. The van der Waals surface area contributed by atoms with Crippen LogP contribution >= 0.6 is 0 Å². The smallest absolute Gasteiger partial charge is 0.187 e. The molecular weight excluding hydrogens is 512 g/mol. The zero-order valence-corrected chi connectivity index (χ0v) is 27.8. The fourth-order valence-electron chi connectivity index (χ4n) is 5.71. The Hall–Kier alpha value is -3.23. The molecule has 0 heterocycles. The van der Waals surface area contributed by atoms with Gasteiger partial charge in [0.15, 0.2) is 5.78 Å². The van der Waals surface area contributed by atoms with E-state index in [0.717, 1.165) is 16.7 Å². The molecule has 0 spiro atoms. The van der Waals surface area contributed by atoms with Crippen LogP contribution in [0.5, 0.6) is 0 Å². The van der Waals surface area contributed by atoms with Gasteiger partial charge in [-0.2, -0.15) is 0 Å². The summed E-state index contributed by atoms with van der Waals surface area (Å²) >= 11 is 0. The average molecular weight is 567 g/mol. The Bertz CT molecular complexity index is 1330. The minimum Gasteiger partial charge on any atom is -0.385 e. The molecule has 0 aromatic carbocycles. The lowest BCUT2D eigenvalue weighted by molar-refractivity contribution is -0.125. The highest BCUT2D eigenvalue weighted by Crippen LogP contribution is 2.41. The number of rotatable bonds is 10. The molecule has 42 heavy (non-hydrogen) atoms. The van der Waals surface area contributed by atoms with E-state index >= 15 is 0 Å². The van der Waals surface area contributed by atoms with Gasteiger partial charge in [0.25, 0.3) is 0 Å². The maximum absolute atomic E-state index is 12.2. The fraction of sp³-hybridized carbons (Fsp3) is 0.425. The largest absolute Gasteiger partial charge is 0.385 e. The molecule has 1 atom stereocenters. The molecule has 0 aromatic rings. The summed E-state index contributed by atoms with van der Waals surface area (Å²) in [5.74, 6) is -0.160. The summed E-state index contributed by atoms with van der Waals surface area (Å²) in [7, 11) is 0. The summed E-state index contributed by atoms with van der Waals surface area (Å²) in [5.41, 5.74) is 9.44. The van der Waals surface area contributed by atoms with Gasteiger partial charge in [0, 0.05) is 0 Å². The second-order valence-electron chi connectivity index (χ2n) is 13.4. The highest BCUT2D eigenvalue weighted by atomic mass is 16.3. The number of carbonyl (C=O) groups excluding carboxylic acids is 1. The van der Waals surface area contributed by atoms with Crippen LogP contribution in [0.15, 0.2) is 130 Å². The van der Waals surface area contributed by atoms with Crippen molar-refractivity contribution in [2.24, 2.45) is 10.8 Å². The van der Waals surface area contributed by atoms with Gasteiger partial charge in [0.05, 0.1) is 0 Å². The zero-order chi connectivity index (χ0) is 31.5. The van der Waals surface area contributed by atoms with Gasteiger partial charge in [-0.15, -0.1) is 0 Å². The minimum atomic E-state index is -0.892. The number of ketones is 1. The Morgan fingerprint density at radius 1 is 0.690 bits per heavy atom. The summed E-state index contributed by atoms with van der Waals surface area (Å²) in [6, 6.07) is 0. The maximum atomic E-state index is 12.2. The second kappa shape index (κ2) is 15.8. The molecule has 1 N–H and O–H groups in total. The Kier molecular flexibility index (Phi) is 13.2. The van der Waals surface area contributed by atoms with Crippen LogP contribution in [0.25, 0.3) is 0 Å². The number of Topliss-reactive ketones (excluding diaryl/α,β-unsaturated/α-hetero) is 1. The first-order chi connectivity index (χ1) is 19.6. The lowest BCUT2D eigenvalue weighted by Gasteiger charge is -2.34. The van der Waals surface area contributed by atoms with Crippen molar-refractivity contribution >= 4 is 5.78 Å². The van der Waals surface area contributed by atoms with Crippen LogP contribution in [0.2, 0.25) is 0 Å². The molecule has 2 aliphatic rings. The van der Waals surface area contributed by atoms with Gasteiger partial charge >= 0.3 is 0 Å². The monoisotopic (exact) mass is 566 g/mol. The van der Waals surface area contributed by atoms with E-state index in [-0.39, 0.29) is 16.6 Å². The first-order valence-electron chi connectivity index (χ1n) is 15.4. The Balaban J connectivity index is 1.92. The van der Waals surface area contributed by atoms with Crippen molar-refractivity contribution in [1.82, 2.24) is 0 Å². The number of aliphatic hydroxyl groups is 1. The standard InChI is InChI=1S/C40H54O2/c1-29(18-13-20-31(3)23-25-35-33(5)22-15-27-39(35,7)8)16-11-12-17-30(2)19-14-21-32(4)24-26-36-34(6)38(42)37(41)28-40(36,9)10/h11-14,16-21,23-26,37,41H,15,22,27-28H2,1-10H3. The predicted octanol–water partition coefficient (Wildman–Crippen LogP) is 10.8. The topological polar surface area (TPSA) is 37.3 Å². The lowest BCUT2D eigenvalue weighted by Crippen LogP contribution is -2.35. The molecule has 2 heteroatoms. The summed E-state index contributed by atoms with van der Waals surface area (Å²) in [4.78, 5) is 12.2. The third-order valence-corrected chi connectivity index (χ3v) is 8.34. The van der Waals surface area contributed by atoms with Crippen LogP contribution in [0, 0.1) is 10.8 Å². The van der Waals surface area contributed by atoms with Gasteiger partial charge in [0.1, 0.15) is 6.10 Å². The molecule has 0 aromatic heterocycles. The van der Waals surface area contributed by atoms with Crippen molar-refractivity contribution in [3.05, 3.63) is 130 Å². The highest BCUT2D eigenvalue weighted by molar-refractivity contribution is 6.00. The van der Waals surface area contributed by atoms with Gasteiger partial charge in [-0.3, -0.25) is 4.79 Å². The normalized spacial score (nSPS) is 23.3. The van der Waals surface area contributed by atoms with E-state index in [1.165, 1.54) is 41.6 Å². The number of hydrogen-bond donors (Lipinski definition) is 1. The molecule has 0 fully saturated rings. The number of aliphatic hydroxyl groups excluding tert-OH is 1. The Morgan fingerprint density at radius 3 is 1.64 bits per heavy atom. The van der Waals surface area contributed by atoms with E-state index < -0.39 is 6.10 Å². The van der Waals surface area contributed by atoms with Gasteiger partial charge < -0.3 is 5.11 Å². The summed E-state index contributed by atoms with van der Waals surface area (Å²) in [5, 5.41) is 10.0. The van der Waals surface area contributed by atoms with Crippen LogP contribution in [-0.4, -0.2) is 17.0 Å². The van der Waals surface area contributed by atoms with E-state index in [1.54, 1.807) is 0 Å².